The number of fused-ring (bicyclic) bond motifs is 3. The third kappa shape index (κ3) is 5.45. The first-order chi connectivity index (χ1) is 17.6. The second kappa shape index (κ2) is 10.2. The molecule has 3 aliphatic carbocycles. The van der Waals surface area contributed by atoms with E-state index in [9.17, 15) is 27.9 Å². The molecule has 1 aromatic rings. The average molecular weight is 519 g/mol. The van der Waals surface area contributed by atoms with Crippen molar-refractivity contribution in [2.75, 3.05) is 19.6 Å². The molecule has 10 heteroatoms. The molecule has 6 atom stereocenters. The molecule has 2 aliphatic heterocycles. The Morgan fingerprint density at radius 3 is 2.76 bits per heavy atom. The first-order valence-electron chi connectivity index (χ1n) is 13.0. The monoisotopic (exact) mass is 518 g/mol. The van der Waals surface area contributed by atoms with E-state index in [1.165, 1.54) is 12.1 Å². The van der Waals surface area contributed by atoms with Gasteiger partial charge in [0.15, 0.2) is 0 Å². The van der Waals surface area contributed by atoms with Crippen LogP contribution in [0.1, 0.15) is 54.4 Å². The van der Waals surface area contributed by atoms with Crippen LogP contribution in [0.25, 0.3) is 0 Å². The van der Waals surface area contributed by atoms with Crippen LogP contribution in [0, 0.1) is 17.8 Å². The number of hydrogen-bond donors (Lipinski definition) is 3. The molecule has 1 saturated heterocycles. The van der Waals surface area contributed by atoms with Crippen LogP contribution in [0.3, 0.4) is 0 Å². The standard InChI is InChI=1S/C27H33F3N4O3/c28-27(29,30)20-4-1-3-17(11-20)25(36)32-15-24(35)33-22-8-10-34(16-22)23-12-19-7-6-18(23)13-26(19,37)21-5-2-9-31-14-21/h1-4,9,11,14,18-19,21-23,37H,5-8,10,12-13,15-16H2,(H,32,36)(H,33,35)/t18?,19?,21?,22-,23?,26?/m1/s1. The molecule has 0 aromatic heterocycles. The van der Waals surface area contributed by atoms with Crippen molar-refractivity contribution in [3.63, 3.8) is 0 Å². The van der Waals surface area contributed by atoms with Gasteiger partial charge in [-0.25, -0.2) is 0 Å². The Bertz CT molecular complexity index is 1090. The number of carbonyl (C=O) groups excluding carboxylic acids is 2. The first kappa shape index (κ1) is 25.9. The van der Waals surface area contributed by atoms with Crippen molar-refractivity contribution in [2.45, 2.75) is 62.4 Å². The van der Waals surface area contributed by atoms with Crippen molar-refractivity contribution in [2.24, 2.45) is 22.7 Å². The number of carbonyl (C=O) groups is 2. The second-order valence-electron chi connectivity index (χ2n) is 10.9. The van der Waals surface area contributed by atoms with Gasteiger partial charge in [-0.15, -0.1) is 0 Å². The lowest BCUT2D eigenvalue weighted by Gasteiger charge is -2.56. The zero-order chi connectivity index (χ0) is 26.2. The molecule has 1 aromatic carbocycles. The molecule has 0 spiro atoms. The van der Waals surface area contributed by atoms with E-state index in [1.807, 2.05) is 12.3 Å². The summed E-state index contributed by atoms with van der Waals surface area (Å²) in [6.07, 6.45) is 6.67. The predicted octanol–water partition coefficient (Wildman–Crippen LogP) is 3.15. The van der Waals surface area contributed by atoms with Gasteiger partial charge in [-0.2, -0.15) is 13.2 Å². The number of aliphatic hydroxyl groups is 1. The minimum absolute atomic E-state index is 0.0482. The normalized spacial score (nSPS) is 33.5. The van der Waals surface area contributed by atoms with E-state index < -0.39 is 23.2 Å². The minimum atomic E-state index is -4.54. The third-order valence-electron chi connectivity index (χ3n) is 8.66. The zero-order valence-electron chi connectivity index (χ0n) is 20.6. The maximum absolute atomic E-state index is 12.9. The van der Waals surface area contributed by atoms with Crippen LogP contribution < -0.4 is 10.6 Å². The highest BCUT2D eigenvalue weighted by molar-refractivity contribution is 5.96. The highest BCUT2D eigenvalue weighted by atomic mass is 19.4. The number of benzene rings is 1. The Hall–Kier alpha value is -2.72. The highest BCUT2D eigenvalue weighted by Gasteiger charge is 2.54. The molecule has 2 amide bonds. The number of amides is 2. The second-order valence-corrected chi connectivity index (χ2v) is 10.9. The number of alkyl halides is 3. The molecule has 0 radical (unpaired) electrons. The number of halogens is 3. The van der Waals surface area contributed by atoms with Crippen molar-refractivity contribution in [3.05, 3.63) is 47.7 Å². The minimum Gasteiger partial charge on any atom is -0.389 e. The molecule has 3 N–H and O–H groups in total. The lowest BCUT2D eigenvalue weighted by molar-refractivity contribution is -0.142. The molecule has 7 nitrogen and oxygen atoms in total. The Morgan fingerprint density at radius 2 is 2.05 bits per heavy atom. The molecular weight excluding hydrogens is 485 g/mol. The van der Waals surface area contributed by atoms with Crippen LogP contribution >= 0.6 is 0 Å². The fraction of sp³-hybridized carbons (Fsp3) is 0.593. The number of rotatable bonds is 6. The molecule has 4 fully saturated rings. The fourth-order valence-electron chi connectivity index (χ4n) is 6.79. The summed E-state index contributed by atoms with van der Waals surface area (Å²) in [6, 6.07) is 4.47. The van der Waals surface area contributed by atoms with Crippen LogP contribution in [0.15, 0.2) is 41.5 Å². The summed E-state index contributed by atoms with van der Waals surface area (Å²) >= 11 is 0. The van der Waals surface area contributed by atoms with Gasteiger partial charge < -0.3 is 15.7 Å². The van der Waals surface area contributed by atoms with Crippen LogP contribution in [-0.2, 0) is 11.0 Å². The van der Waals surface area contributed by atoms with Crippen molar-refractivity contribution >= 4 is 18.0 Å². The number of aliphatic imine (C=N–C) groups is 1. The lowest BCUT2D eigenvalue weighted by Crippen LogP contribution is -2.60. The number of nitrogens with zero attached hydrogens (tertiary/aromatic N) is 2. The molecule has 3 saturated carbocycles. The van der Waals surface area contributed by atoms with E-state index in [4.69, 9.17) is 0 Å². The smallest absolute Gasteiger partial charge is 0.389 e. The zero-order valence-corrected chi connectivity index (χ0v) is 20.6. The SMILES string of the molecule is O=C(CNC(=O)c1cccc(C(F)(F)F)c1)N[C@@H]1CCN(C2CC3CCC2CC3(O)C2C=NC=CC2)C1. The summed E-state index contributed by atoms with van der Waals surface area (Å²) in [6.45, 7) is 1.28. The van der Waals surface area contributed by atoms with Crippen LogP contribution in [0.2, 0.25) is 0 Å². The van der Waals surface area contributed by atoms with Crippen LogP contribution in [0.4, 0.5) is 13.2 Å². The van der Waals surface area contributed by atoms with Gasteiger partial charge in [-0.1, -0.05) is 12.1 Å². The lowest BCUT2D eigenvalue weighted by atomic mass is 9.55. The predicted molar refractivity (Wildman–Crippen MR) is 132 cm³/mol. The van der Waals surface area contributed by atoms with Crippen molar-refractivity contribution in [1.82, 2.24) is 15.5 Å². The number of allylic oxidation sites excluding steroid dienone is 1. The molecule has 37 heavy (non-hydrogen) atoms. The third-order valence-corrected chi connectivity index (χ3v) is 8.66. The maximum Gasteiger partial charge on any atom is 0.416 e. The summed E-state index contributed by atoms with van der Waals surface area (Å²) in [7, 11) is 0. The summed E-state index contributed by atoms with van der Waals surface area (Å²) < 4.78 is 38.7. The van der Waals surface area contributed by atoms with E-state index in [2.05, 4.69) is 20.5 Å². The van der Waals surface area contributed by atoms with Crippen LogP contribution in [0.5, 0.6) is 0 Å². The molecular formula is C27H33F3N4O3. The fourth-order valence-corrected chi connectivity index (χ4v) is 6.79. The maximum atomic E-state index is 12.9. The molecule has 200 valence electrons. The molecule has 2 bridgehead atoms. The number of nitrogens with one attached hydrogen (secondary N) is 2. The highest BCUT2D eigenvalue weighted by Crippen LogP contribution is 2.53. The topological polar surface area (TPSA) is 94.0 Å². The summed E-state index contributed by atoms with van der Waals surface area (Å²) in [5.41, 5.74) is -1.74. The van der Waals surface area contributed by atoms with Gasteiger partial charge in [-0.05, 0) is 68.6 Å². The first-order valence-corrected chi connectivity index (χ1v) is 13.0. The van der Waals surface area contributed by atoms with Crippen molar-refractivity contribution < 1.29 is 27.9 Å². The quantitative estimate of drug-likeness (QED) is 0.540. The molecule has 2 heterocycles. The summed E-state index contributed by atoms with van der Waals surface area (Å²) in [5, 5.41) is 16.9. The van der Waals surface area contributed by atoms with E-state index in [1.54, 1.807) is 6.20 Å². The van der Waals surface area contributed by atoms with E-state index in [0.29, 0.717) is 18.5 Å². The van der Waals surface area contributed by atoms with Gasteiger partial charge >= 0.3 is 6.18 Å². The molecule has 6 rings (SSSR count). The van der Waals surface area contributed by atoms with Gasteiger partial charge in [0.2, 0.25) is 5.91 Å². The molecule has 5 aliphatic rings. The van der Waals surface area contributed by atoms with E-state index in [-0.39, 0.29) is 35.9 Å². The van der Waals surface area contributed by atoms with Gasteiger partial charge in [0.25, 0.3) is 5.91 Å². The average Bonchev–Trinajstić information content (AvgIpc) is 3.36. The van der Waals surface area contributed by atoms with E-state index >= 15 is 0 Å². The largest absolute Gasteiger partial charge is 0.416 e. The Labute approximate surface area is 214 Å². The summed E-state index contributed by atoms with van der Waals surface area (Å²) in [5.74, 6) is -0.362. The van der Waals surface area contributed by atoms with Gasteiger partial charge in [-0.3, -0.25) is 19.5 Å². The van der Waals surface area contributed by atoms with Crippen molar-refractivity contribution in [3.8, 4) is 0 Å². The van der Waals surface area contributed by atoms with E-state index in [0.717, 1.165) is 57.2 Å². The van der Waals surface area contributed by atoms with Crippen LogP contribution in [-0.4, -0.2) is 65.4 Å². The van der Waals surface area contributed by atoms with Gasteiger partial charge in [0.05, 0.1) is 17.7 Å². The van der Waals surface area contributed by atoms with Gasteiger partial charge in [0.1, 0.15) is 0 Å². The van der Waals surface area contributed by atoms with Gasteiger partial charge in [0, 0.05) is 49.1 Å². The Morgan fingerprint density at radius 1 is 1.22 bits per heavy atom. The Kier molecular flexibility index (Phi) is 7.15. The summed E-state index contributed by atoms with van der Waals surface area (Å²) in [4.78, 5) is 31.4. The molecule has 5 unspecified atom stereocenters. The number of hydrogen-bond acceptors (Lipinski definition) is 5. The van der Waals surface area contributed by atoms with Crippen molar-refractivity contribution in [1.29, 1.82) is 0 Å². The Balaban J connectivity index is 1.10. The number of likely N-dealkylation sites (tertiary alicyclic amines) is 1.